The predicted molar refractivity (Wildman–Crippen MR) is 158 cm³/mol. The van der Waals surface area contributed by atoms with E-state index >= 15 is 0 Å². The van der Waals surface area contributed by atoms with E-state index in [2.05, 4.69) is 25.1 Å². The number of amides is 3. The summed E-state index contributed by atoms with van der Waals surface area (Å²) in [6, 6.07) is 14.5. The zero-order chi connectivity index (χ0) is 33.8. The molecule has 3 aromatic carbocycles. The highest BCUT2D eigenvalue weighted by Gasteiger charge is 2.36. The smallest absolute Gasteiger partial charge is 0.497 e. The molecule has 246 valence electrons. The van der Waals surface area contributed by atoms with Crippen molar-refractivity contribution in [3.8, 4) is 34.3 Å². The van der Waals surface area contributed by atoms with Gasteiger partial charge < -0.3 is 19.5 Å². The third-order valence-electron chi connectivity index (χ3n) is 6.29. The number of nitrogens with zero attached hydrogens (tertiary/aromatic N) is 5. The van der Waals surface area contributed by atoms with Crippen LogP contribution < -0.4 is 24.4 Å². The molecule has 1 aliphatic heterocycles. The number of carbonyl (C=O) groups is 2. The number of methoxy groups -OCH3 is 1. The summed E-state index contributed by atoms with van der Waals surface area (Å²) in [4.78, 5) is 34.2. The zero-order valence-corrected chi connectivity index (χ0v) is 24.8. The van der Waals surface area contributed by atoms with Crippen LogP contribution in [0.2, 0.25) is 0 Å². The first-order valence-electron chi connectivity index (χ1n) is 13.3. The molecule has 1 aromatic heterocycles. The third kappa shape index (κ3) is 8.72. The van der Waals surface area contributed by atoms with Crippen LogP contribution in [0.4, 0.5) is 36.8 Å². The number of rotatable bonds is 9. The van der Waals surface area contributed by atoms with Crippen LogP contribution in [0.1, 0.15) is 5.56 Å². The molecule has 0 spiro atoms. The van der Waals surface area contributed by atoms with Crippen molar-refractivity contribution in [2.75, 3.05) is 24.5 Å². The van der Waals surface area contributed by atoms with Gasteiger partial charge in [-0.2, -0.15) is 18.2 Å². The van der Waals surface area contributed by atoms with Crippen molar-refractivity contribution in [2.45, 2.75) is 19.0 Å². The Morgan fingerprint density at radius 1 is 0.979 bits per heavy atom. The summed E-state index contributed by atoms with van der Waals surface area (Å²) in [5.41, 5.74) is 0.761. The summed E-state index contributed by atoms with van der Waals surface area (Å²) in [5.74, 6) is -0.172. The van der Waals surface area contributed by atoms with Gasteiger partial charge in [-0.3, -0.25) is 9.69 Å². The largest absolute Gasteiger partial charge is 0.573 e. The fourth-order valence-electron chi connectivity index (χ4n) is 4.25. The molecule has 1 fully saturated rings. The van der Waals surface area contributed by atoms with Crippen molar-refractivity contribution in [1.82, 2.24) is 20.1 Å². The molecule has 0 unspecified atom stereocenters. The minimum atomic E-state index is -4.80. The summed E-state index contributed by atoms with van der Waals surface area (Å²) in [6.07, 6.45) is -9.26. The molecule has 0 bridgehead atoms. The van der Waals surface area contributed by atoms with Gasteiger partial charge >= 0.3 is 18.6 Å². The fourth-order valence-corrected chi connectivity index (χ4v) is 5.11. The number of urea groups is 1. The lowest BCUT2D eigenvalue weighted by Crippen LogP contribution is -2.33. The Bertz CT molecular complexity index is 1780. The molecule has 18 heteroatoms. The van der Waals surface area contributed by atoms with Gasteiger partial charge in [0.1, 0.15) is 23.6 Å². The number of benzene rings is 3. The zero-order valence-electron chi connectivity index (χ0n) is 24.0. The topological polar surface area (TPSA) is 120 Å². The first-order valence-corrected chi connectivity index (χ1v) is 14.3. The molecule has 11 nitrogen and oxygen atoms in total. The minimum Gasteiger partial charge on any atom is -0.497 e. The van der Waals surface area contributed by atoms with Crippen LogP contribution in [0.25, 0.3) is 17.1 Å². The number of ether oxygens (including phenoxy) is 3. The quantitative estimate of drug-likeness (QED) is 0.166. The van der Waals surface area contributed by atoms with Crippen LogP contribution in [0, 0.1) is 0 Å². The van der Waals surface area contributed by atoms with E-state index in [9.17, 15) is 35.9 Å². The van der Waals surface area contributed by atoms with Gasteiger partial charge in [0.05, 0.1) is 30.7 Å². The van der Waals surface area contributed by atoms with Crippen molar-refractivity contribution in [2.24, 2.45) is 4.99 Å². The van der Waals surface area contributed by atoms with E-state index in [-0.39, 0.29) is 40.4 Å². The lowest BCUT2D eigenvalue weighted by molar-refractivity contribution is -0.274. The van der Waals surface area contributed by atoms with E-state index in [0.29, 0.717) is 22.8 Å². The Morgan fingerprint density at radius 2 is 1.66 bits per heavy atom. The Morgan fingerprint density at radius 3 is 2.32 bits per heavy atom. The number of anilines is 1. The molecule has 47 heavy (non-hydrogen) atoms. The lowest BCUT2D eigenvalue weighted by Gasteiger charge is -2.21. The molecular formula is C29H22F6N6O5S. The number of halogens is 6. The van der Waals surface area contributed by atoms with Crippen molar-refractivity contribution < 1.29 is 50.1 Å². The van der Waals surface area contributed by atoms with E-state index < -0.39 is 30.9 Å². The number of alkyl halides is 6. The number of carbonyl (C=O) groups excluding carboxylic acids is 2. The number of hydrogen-bond donors (Lipinski definition) is 1. The van der Waals surface area contributed by atoms with E-state index in [0.717, 1.165) is 28.8 Å². The summed E-state index contributed by atoms with van der Waals surface area (Å²) in [7, 11) is 1.33. The molecule has 4 aromatic rings. The number of amidine groups is 1. The number of aliphatic imine (C=N–C) groups is 1. The van der Waals surface area contributed by atoms with Crippen molar-refractivity contribution >= 4 is 34.6 Å². The predicted octanol–water partition coefficient (Wildman–Crippen LogP) is 6.13. The van der Waals surface area contributed by atoms with Gasteiger partial charge in [0, 0.05) is 11.6 Å². The molecule has 2 heterocycles. The van der Waals surface area contributed by atoms with Crippen molar-refractivity contribution in [3.63, 3.8) is 0 Å². The molecule has 1 aliphatic rings. The van der Waals surface area contributed by atoms with Gasteiger partial charge in [0.15, 0.2) is 17.7 Å². The standard InChI is InChI=1S/C29H22F6N6O5S/c1-44-22-9-4-18(13-28(30,31)32)23(12-22)41-24(42)14-47-27(41)38-26(43)37-16-45-20-7-2-17(3-8-20)25-36-15-40(39-25)19-5-10-21(11-6-19)46-29(33,34)35/h2-12,15H,13-14,16H2,1H3,(H,37,43). The van der Waals surface area contributed by atoms with Crippen LogP contribution >= 0.6 is 11.8 Å². The molecule has 0 aliphatic carbocycles. The van der Waals surface area contributed by atoms with Gasteiger partial charge in [0.25, 0.3) is 0 Å². The highest BCUT2D eigenvalue weighted by molar-refractivity contribution is 8.15. The maximum absolute atomic E-state index is 13.2. The van der Waals surface area contributed by atoms with Crippen LogP contribution in [0.5, 0.6) is 17.2 Å². The van der Waals surface area contributed by atoms with E-state index in [1.54, 1.807) is 24.3 Å². The molecule has 0 atom stereocenters. The third-order valence-corrected chi connectivity index (χ3v) is 7.21. The molecule has 1 saturated heterocycles. The highest BCUT2D eigenvalue weighted by Crippen LogP contribution is 2.36. The summed E-state index contributed by atoms with van der Waals surface area (Å²) in [5, 5.41) is 6.62. The van der Waals surface area contributed by atoms with Gasteiger partial charge in [0.2, 0.25) is 5.91 Å². The summed E-state index contributed by atoms with van der Waals surface area (Å²) >= 11 is 0.896. The van der Waals surface area contributed by atoms with E-state index in [4.69, 9.17) is 9.47 Å². The summed E-state index contributed by atoms with van der Waals surface area (Å²) in [6.45, 7) is -0.326. The van der Waals surface area contributed by atoms with Crippen molar-refractivity contribution in [3.05, 3.63) is 78.6 Å². The van der Waals surface area contributed by atoms with Gasteiger partial charge in [-0.15, -0.1) is 18.3 Å². The Labute approximate surface area is 266 Å². The number of aromatic nitrogens is 3. The second-order valence-corrected chi connectivity index (χ2v) is 10.5. The molecule has 0 radical (unpaired) electrons. The molecule has 0 saturated carbocycles. The lowest BCUT2D eigenvalue weighted by atomic mass is 10.1. The fraction of sp³-hybridized carbons (Fsp3) is 0.207. The van der Waals surface area contributed by atoms with Crippen LogP contribution in [-0.4, -0.2) is 64.0 Å². The average Bonchev–Trinajstić information content (AvgIpc) is 3.64. The first-order chi connectivity index (χ1) is 22.3. The number of hydrogen-bond acceptors (Lipinski definition) is 8. The molecule has 1 N–H and O–H groups in total. The average molecular weight is 681 g/mol. The maximum Gasteiger partial charge on any atom is 0.573 e. The first kappa shape index (κ1) is 33.1. The molecular weight excluding hydrogens is 658 g/mol. The normalized spacial score (nSPS) is 14.4. The van der Waals surface area contributed by atoms with Crippen molar-refractivity contribution in [1.29, 1.82) is 0 Å². The second kappa shape index (κ2) is 13.6. The Balaban J connectivity index is 1.19. The molecule has 5 rings (SSSR count). The Hall–Kier alpha value is -5.26. The molecule has 3 amide bonds. The van der Waals surface area contributed by atoms with Gasteiger partial charge in [-0.1, -0.05) is 17.8 Å². The number of thioether (sulfide) groups is 1. The van der Waals surface area contributed by atoms with Gasteiger partial charge in [-0.25, -0.2) is 14.5 Å². The second-order valence-electron chi connectivity index (χ2n) is 9.55. The minimum absolute atomic E-state index is 0.0904. The van der Waals surface area contributed by atoms with Gasteiger partial charge in [-0.05, 0) is 60.2 Å². The Kier molecular flexibility index (Phi) is 9.59. The van der Waals surface area contributed by atoms with E-state index in [1.165, 1.54) is 48.5 Å². The number of nitrogens with one attached hydrogen (secondary N) is 1. The highest BCUT2D eigenvalue weighted by atomic mass is 32.2. The monoisotopic (exact) mass is 680 g/mol. The van der Waals surface area contributed by atoms with Crippen LogP contribution in [-0.2, 0) is 11.2 Å². The summed E-state index contributed by atoms with van der Waals surface area (Å²) < 4.78 is 92.7. The maximum atomic E-state index is 13.2. The van der Waals surface area contributed by atoms with E-state index in [1.807, 2.05) is 0 Å². The SMILES string of the molecule is COc1ccc(CC(F)(F)F)c(N2C(=O)CSC2=NC(=O)NCOc2ccc(-c3ncn(-c4ccc(OC(F)(F)F)cc4)n3)cc2)c1. The van der Waals surface area contributed by atoms with Crippen LogP contribution in [0.15, 0.2) is 78.0 Å². The van der Waals surface area contributed by atoms with Crippen LogP contribution in [0.3, 0.4) is 0 Å².